The maximum Gasteiger partial charge on any atom is 0.416 e. The van der Waals surface area contributed by atoms with Gasteiger partial charge in [0.2, 0.25) is 0 Å². The first-order chi connectivity index (χ1) is 17.8. The lowest BCUT2D eigenvalue weighted by Crippen LogP contribution is -2.42. The minimum Gasteiger partial charge on any atom is -0.382 e. The number of nitrogens with zero attached hydrogens (tertiary/aromatic N) is 3. The van der Waals surface area contributed by atoms with Crippen LogP contribution in [-0.2, 0) is 10.9 Å². The molecule has 0 bridgehead atoms. The van der Waals surface area contributed by atoms with Gasteiger partial charge in [-0.25, -0.2) is 14.8 Å². The maximum absolute atomic E-state index is 13.5. The number of ether oxygens (including phenoxy) is 1. The van der Waals surface area contributed by atoms with Crippen LogP contribution in [0.5, 0.6) is 0 Å². The quantitative estimate of drug-likeness (QED) is 0.439. The standard InChI is InChI=1S/C27H26F3N5O2/c1-17-10-13-31-23-9-8-22(19-4-2-5-20(16-19)27(28,29)30)33-25(23)35(17)26(36)34-24-7-3-6-21(32-24)18-11-14-37-15-12-18/h2-9,11,16-17,31H,10,12-15H2,1H3,(H,32,34,36)/t17-/m1/s1. The molecular formula is C27H26F3N5O2. The van der Waals surface area contributed by atoms with Gasteiger partial charge < -0.3 is 10.1 Å². The normalized spacial score (nSPS) is 17.8. The Kier molecular flexibility index (Phi) is 6.84. The average molecular weight is 510 g/mol. The van der Waals surface area contributed by atoms with E-state index in [1.54, 1.807) is 24.3 Å². The van der Waals surface area contributed by atoms with E-state index in [0.29, 0.717) is 54.8 Å². The van der Waals surface area contributed by atoms with E-state index in [1.165, 1.54) is 11.0 Å². The van der Waals surface area contributed by atoms with Crippen LogP contribution in [-0.4, -0.2) is 41.8 Å². The molecule has 0 fully saturated rings. The van der Waals surface area contributed by atoms with Gasteiger partial charge in [0, 0.05) is 18.2 Å². The lowest BCUT2D eigenvalue weighted by Gasteiger charge is -2.27. The van der Waals surface area contributed by atoms with Gasteiger partial charge in [-0.15, -0.1) is 0 Å². The first kappa shape index (κ1) is 24.8. The molecule has 0 saturated carbocycles. The molecule has 1 atom stereocenters. The fourth-order valence-electron chi connectivity index (χ4n) is 4.45. The van der Waals surface area contributed by atoms with Gasteiger partial charge in [-0.05, 0) is 61.7 Å². The molecule has 5 rings (SSSR count). The number of hydrogen-bond donors (Lipinski definition) is 2. The van der Waals surface area contributed by atoms with Crippen molar-refractivity contribution in [1.82, 2.24) is 9.97 Å². The van der Waals surface area contributed by atoms with Gasteiger partial charge in [0.05, 0.1) is 35.9 Å². The van der Waals surface area contributed by atoms with Gasteiger partial charge in [-0.1, -0.05) is 24.3 Å². The monoisotopic (exact) mass is 509 g/mol. The van der Waals surface area contributed by atoms with Gasteiger partial charge >= 0.3 is 12.2 Å². The van der Waals surface area contributed by atoms with Crippen LogP contribution in [0.1, 0.15) is 31.0 Å². The lowest BCUT2D eigenvalue weighted by atomic mass is 10.1. The van der Waals surface area contributed by atoms with Crippen molar-refractivity contribution in [2.45, 2.75) is 32.0 Å². The molecule has 10 heteroatoms. The van der Waals surface area contributed by atoms with Crippen LogP contribution in [0, 0.1) is 0 Å². The molecule has 4 heterocycles. The first-order valence-electron chi connectivity index (χ1n) is 12.1. The Morgan fingerprint density at radius 2 is 1.95 bits per heavy atom. The molecule has 3 aromatic rings. The van der Waals surface area contributed by atoms with Crippen LogP contribution in [0.3, 0.4) is 0 Å². The Labute approximate surface area is 212 Å². The molecule has 0 aliphatic carbocycles. The third kappa shape index (κ3) is 5.43. The maximum atomic E-state index is 13.5. The summed E-state index contributed by atoms with van der Waals surface area (Å²) in [5, 5.41) is 6.15. The molecule has 2 aliphatic heterocycles. The van der Waals surface area contributed by atoms with Crippen LogP contribution >= 0.6 is 0 Å². The zero-order valence-electron chi connectivity index (χ0n) is 20.2. The molecule has 1 aromatic carbocycles. The van der Waals surface area contributed by atoms with E-state index in [-0.39, 0.29) is 6.04 Å². The van der Waals surface area contributed by atoms with Crippen molar-refractivity contribution in [1.29, 1.82) is 0 Å². The molecule has 7 nitrogen and oxygen atoms in total. The second-order valence-electron chi connectivity index (χ2n) is 8.97. The predicted molar refractivity (Wildman–Crippen MR) is 136 cm³/mol. The summed E-state index contributed by atoms with van der Waals surface area (Å²) in [6.45, 7) is 3.68. The van der Waals surface area contributed by atoms with Crippen molar-refractivity contribution >= 4 is 28.9 Å². The van der Waals surface area contributed by atoms with E-state index >= 15 is 0 Å². The molecule has 192 valence electrons. The highest BCUT2D eigenvalue weighted by molar-refractivity contribution is 6.03. The zero-order chi connectivity index (χ0) is 26.0. The molecule has 37 heavy (non-hydrogen) atoms. The summed E-state index contributed by atoms with van der Waals surface area (Å²) in [6, 6.07) is 13.2. The number of anilines is 3. The van der Waals surface area contributed by atoms with Gasteiger partial charge in [0.15, 0.2) is 5.82 Å². The predicted octanol–water partition coefficient (Wildman–Crippen LogP) is 6.21. The van der Waals surface area contributed by atoms with Crippen LogP contribution in [0.4, 0.5) is 35.3 Å². The van der Waals surface area contributed by atoms with E-state index < -0.39 is 17.8 Å². The Balaban J connectivity index is 1.46. The number of carbonyl (C=O) groups excluding carboxylic acids is 1. The van der Waals surface area contributed by atoms with Crippen molar-refractivity contribution in [3.8, 4) is 11.3 Å². The summed E-state index contributed by atoms with van der Waals surface area (Å²) in [4.78, 5) is 24.3. The minimum atomic E-state index is -4.47. The largest absolute Gasteiger partial charge is 0.416 e. The van der Waals surface area contributed by atoms with Crippen LogP contribution in [0.25, 0.3) is 16.8 Å². The fraction of sp³-hybridized carbons (Fsp3) is 0.296. The van der Waals surface area contributed by atoms with E-state index in [0.717, 1.165) is 29.8 Å². The van der Waals surface area contributed by atoms with Gasteiger partial charge in [-0.2, -0.15) is 13.2 Å². The Hall–Kier alpha value is -3.92. The van der Waals surface area contributed by atoms with Crippen molar-refractivity contribution in [2.24, 2.45) is 0 Å². The molecule has 2 N–H and O–H groups in total. The highest BCUT2D eigenvalue weighted by atomic mass is 19.4. The van der Waals surface area contributed by atoms with Crippen molar-refractivity contribution in [3.05, 3.63) is 71.9 Å². The minimum absolute atomic E-state index is 0.223. The number of amides is 2. The average Bonchev–Trinajstić information content (AvgIpc) is 3.06. The van der Waals surface area contributed by atoms with Crippen molar-refractivity contribution < 1.29 is 22.7 Å². The summed E-state index contributed by atoms with van der Waals surface area (Å²) in [5.74, 6) is 0.746. The summed E-state index contributed by atoms with van der Waals surface area (Å²) >= 11 is 0. The summed E-state index contributed by atoms with van der Waals surface area (Å²) < 4.78 is 45.2. The third-order valence-electron chi connectivity index (χ3n) is 6.40. The molecule has 2 amide bonds. The Bertz CT molecular complexity index is 1340. The Morgan fingerprint density at radius 1 is 1.11 bits per heavy atom. The van der Waals surface area contributed by atoms with E-state index in [9.17, 15) is 18.0 Å². The number of fused-ring (bicyclic) bond motifs is 1. The summed E-state index contributed by atoms with van der Waals surface area (Å²) in [7, 11) is 0. The number of pyridine rings is 2. The summed E-state index contributed by atoms with van der Waals surface area (Å²) in [5.41, 5.74) is 2.36. The highest BCUT2D eigenvalue weighted by Crippen LogP contribution is 2.35. The SMILES string of the molecule is C[C@@H]1CCNc2ccc(-c3cccc(C(F)(F)F)c3)nc2N1C(=O)Nc1cccc(C2=CCOCC2)n1. The fourth-order valence-corrected chi connectivity index (χ4v) is 4.45. The highest BCUT2D eigenvalue weighted by Gasteiger charge is 2.31. The molecule has 2 aliphatic rings. The zero-order valence-corrected chi connectivity index (χ0v) is 20.2. The molecule has 0 saturated heterocycles. The topological polar surface area (TPSA) is 79.4 Å². The number of rotatable bonds is 3. The molecule has 0 spiro atoms. The number of alkyl halides is 3. The molecule has 2 aromatic heterocycles. The number of hydrogen-bond acceptors (Lipinski definition) is 5. The van der Waals surface area contributed by atoms with Gasteiger partial charge in [-0.3, -0.25) is 10.2 Å². The number of urea groups is 1. The van der Waals surface area contributed by atoms with E-state index in [4.69, 9.17) is 4.74 Å². The summed E-state index contributed by atoms with van der Waals surface area (Å²) in [6.07, 6.45) is -1.08. The Morgan fingerprint density at radius 3 is 2.73 bits per heavy atom. The van der Waals surface area contributed by atoms with E-state index in [2.05, 4.69) is 20.6 Å². The van der Waals surface area contributed by atoms with Gasteiger partial charge in [0.25, 0.3) is 0 Å². The lowest BCUT2D eigenvalue weighted by molar-refractivity contribution is -0.137. The van der Waals surface area contributed by atoms with Crippen LogP contribution in [0.2, 0.25) is 0 Å². The number of carbonyl (C=O) groups is 1. The molecule has 0 unspecified atom stereocenters. The van der Waals surface area contributed by atoms with Gasteiger partial charge in [0.1, 0.15) is 5.82 Å². The van der Waals surface area contributed by atoms with Crippen molar-refractivity contribution in [3.63, 3.8) is 0 Å². The smallest absolute Gasteiger partial charge is 0.382 e. The number of halogens is 3. The molecular weight excluding hydrogens is 483 g/mol. The van der Waals surface area contributed by atoms with Crippen LogP contribution in [0.15, 0.2) is 60.7 Å². The van der Waals surface area contributed by atoms with Crippen molar-refractivity contribution in [2.75, 3.05) is 35.3 Å². The van der Waals surface area contributed by atoms with Crippen LogP contribution < -0.4 is 15.5 Å². The molecule has 0 radical (unpaired) electrons. The second kappa shape index (κ2) is 10.2. The number of aromatic nitrogens is 2. The number of nitrogens with one attached hydrogen (secondary N) is 2. The van der Waals surface area contributed by atoms with E-state index in [1.807, 2.05) is 25.1 Å². The first-order valence-corrected chi connectivity index (χ1v) is 12.1. The number of benzene rings is 1. The second-order valence-corrected chi connectivity index (χ2v) is 8.97. The third-order valence-corrected chi connectivity index (χ3v) is 6.40.